The molecule has 0 aliphatic carbocycles. The number of nitrogens with zero attached hydrogens (tertiary/aromatic N) is 2. The van der Waals surface area contributed by atoms with Gasteiger partial charge in [-0.3, -0.25) is 10.3 Å². The maximum absolute atomic E-state index is 5.66. The average Bonchev–Trinajstić information content (AvgIpc) is 2.28. The first kappa shape index (κ1) is 12.0. The van der Waals surface area contributed by atoms with E-state index in [1.165, 1.54) is 0 Å². The summed E-state index contributed by atoms with van der Waals surface area (Å²) in [5, 5.41) is 5.93. The van der Waals surface area contributed by atoms with Gasteiger partial charge in [-0.25, -0.2) is 4.99 Å². The molecule has 1 unspecified atom stereocenters. The molecule has 0 bridgehead atoms. The smallest absolute Gasteiger partial charge is 0.199 e. The lowest BCUT2D eigenvalue weighted by Crippen LogP contribution is -2.53. The minimum atomic E-state index is -0.228. The molecule has 86 valence electrons. The molecule has 0 saturated heterocycles. The molecule has 0 spiro atoms. The van der Waals surface area contributed by atoms with Crippen LogP contribution in [0.3, 0.4) is 0 Å². The van der Waals surface area contributed by atoms with Crippen LogP contribution < -0.4 is 16.4 Å². The number of hydrogen-bond donors (Lipinski definition) is 3. The van der Waals surface area contributed by atoms with E-state index < -0.39 is 0 Å². The van der Waals surface area contributed by atoms with E-state index in [2.05, 4.69) is 27.2 Å². The molecule has 0 aromatic rings. The minimum Gasteiger partial charge on any atom is -0.370 e. The van der Waals surface area contributed by atoms with Gasteiger partial charge in [-0.1, -0.05) is 30.9 Å². The van der Waals surface area contributed by atoms with Crippen LogP contribution in [0.5, 0.6) is 0 Å². The molecule has 0 fully saturated rings. The van der Waals surface area contributed by atoms with Crippen molar-refractivity contribution >= 4 is 11.9 Å². The molecular weight excluding hydrogens is 202 g/mol. The van der Waals surface area contributed by atoms with E-state index in [0.29, 0.717) is 11.9 Å². The zero-order valence-corrected chi connectivity index (χ0v) is 9.57. The number of nitrogens with two attached hydrogens (primary N) is 1. The van der Waals surface area contributed by atoms with E-state index in [9.17, 15) is 0 Å². The van der Waals surface area contributed by atoms with E-state index in [0.717, 1.165) is 5.57 Å². The normalized spacial score (nSPS) is 23.9. The maximum Gasteiger partial charge on any atom is 0.199 e. The molecule has 5 nitrogen and oxygen atoms in total. The summed E-state index contributed by atoms with van der Waals surface area (Å²) in [6.45, 7) is 5.62. The Balaban J connectivity index is 2.98. The Kier molecular flexibility index (Phi) is 4.32. The summed E-state index contributed by atoms with van der Waals surface area (Å²) in [4.78, 5) is 8.25. The predicted octanol–water partition coefficient (Wildman–Crippen LogP) is 0.494. The summed E-state index contributed by atoms with van der Waals surface area (Å²) in [5.74, 6) is 0.959. The van der Waals surface area contributed by atoms with E-state index >= 15 is 0 Å². The molecule has 1 aliphatic rings. The lowest BCUT2D eigenvalue weighted by molar-refractivity contribution is 0.703. The summed E-state index contributed by atoms with van der Waals surface area (Å²) in [5.41, 5.74) is 6.64. The Labute approximate surface area is 95.5 Å². The maximum atomic E-state index is 5.66. The Hall–Kier alpha value is -2.04. The van der Waals surface area contributed by atoms with Gasteiger partial charge in [-0.2, -0.15) is 0 Å². The third kappa shape index (κ3) is 2.98. The highest BCUT2D eigenvalue weighted by Gasteiger charge is 2.17. The van der Waals surface area contributed by atoms with E-state index in [-0.39, 0.29) is 6.17 Å². The molecule has 1 atom stereocenters. The van der Waals surface area contributed by atoms with Crippen LogP contribution in [0.25, 0.3) is 0 Å². The lowest BCUT2D eigenvalue weighted by atomic mass is 10.1. The van der Waals surface area contributed by atoms with Crippen molar-refractivity contribution < 1.29 is 0 Å². The minimum absolute atomic E-state index is 0.228. The van der Waals surface area contributed by atoms with Crippen LogP contribution in [-0.4, -0.2) is 25.1 Å². The van der Waals surface area contributed by atoms with E-state index in [1.54, 1.807) is 13.1 Å². The zero-order valence-electron chi connectivity index (χ0n) is 9.57. The second kappa shape index (κ2) is 5.75. The Morgan fingerprint density at radius 3 is 2.94 bits per heavy atom. The molecule has 0 amide bonds. The molecular formula is C11H17N5. The van der Waals surface area contributed by atoms with Crippen molar-refractivity contribution in [2.45, 2.75) is 13.1 Å². The lowest BCUT2D eigenvalue weighted by Gasteiger charge is -2.24. The number of guanidine groups is 2. The van der Waals surface area contributed by atoms with Gasteiger partial charge in [-0.15, -0.1) is 0 Å². The number of nitrogens with one attached hydrogen (secondary N) is 2. The van der Waals surface area contributed by atoms with Gasteiger partial charge in [0.05, 0.1) is 0 Å². The van der Waals surface area contributed by atoms with Gasteiger partial charge < -0.3 is 11.1 Å². The van der Waals surface area contributed by atoms with Crippen molar-refractivity contribution in [1.29, 1.82) is 0 Å². The topological polar surface area (TPSA) is 74.8 Å². The van der Waals surface area contributed by atoms with Gasteiger partial charge in [0.15, 0.2) is 18.1 Å². The third-order valence-corrected chi connectivity index (χ3v) is 2.00. The van der Waals surface area contributed by atoms with Crippen molar-refractivity contribution in [1.82, 2.24) is 10.6 Å². The summed E-state index contributed by atoms with van der Waals surface area (Å²) in [6.07, 6.45) is 7.26. The quantitative estimate of drug-likeness (QED) is 0.605. The van der Waals surface area contributed by atoms with Crippen molar-refractivity contribution in [3.8, 4) is 0 Å². The van der Waals surface area contributed by atoms with Crippen LogP contribution in [-0.2, 0) is 0 Å². The van der Waals surface area contributed by atoms with E-state index in [1.807, 2.05) is 25.2 Å². The van der Waals surface area contributed by atoms with Gasteiger partial charge in [0.2, 0.25) is 0 Å². The molecule has 1 aliphatic heterocycles. The highest BCUT2D eigenvalue weighted by molar-refractivity contribution is 6.00. The first-order valence-electron chi connectivity index (χ1n) is 5.00. The Bertz CT molecular complexity index is 376. The molecule has 0 saturated carbocycles. The van der Waals surface area contributed by atoms with E-state index in [4.69, 9.17) is 5.73 Å². The van der Waals surface area contributed by atoms with Crippen molar-refractivity contribution in [2.24, 2.45) is 15.7 Å². The molecule has 16 heavy (non-hydrogen) atoms. The average molecular weight is 219 g/mol. The summed E-state index contributed by atoms with van der Waals surface area (Å²) in [7, 11) is 1.68. The highest BCUT2D eigenvalue weighted by Crippen LogP contribution is 2.08. The Morgan fingerprint density at radius 2 is 2.38 bits per heavy atom. The molecule has 5 heteroatoms. The second-order valence-corrected chi connectivity index (χ2v) is 3.16. The second-order valence-electron chi connectivity index (χ2n) is 3.16. The fourth-order valence-corrected chi connectivity index (χ4v) is 1.34. The number of allylic oxidation sites excluding steroid dienone is 3. The number of aliphatic imine (C=N–C) groups is 2. The highest BCUT2D eigenvalue weighted by atomic mass is 15.3. The molecule has 4 N–H and O–H groups in total. The molecule has 0 aromatic carbocycles. The molecule has 0 radical (unpaired) electrons. The summed E-state index contributed by atoms with van der Waals surface area (Å²) >= 11 is 0. The molecule has 1 rings (SSSR count). The number of rotatable bonds is 3. The van der Waals surface area contributed by atoms with Gasteiger partial charge >= 0.3 is 0 Å². The third-order valence-electron chi connectivity index (χ3n) is 2.00. The van der Waals surface area contributed by atoms with Gasteiger partial charge in [-0.05, 0) is 12.5 Å². The SMILES string of the molecule is C=C/C=C(\C=C/C)C1N=C(N)NC(=NC)N1. The first-order chi connectivity index (χ1) is 7.71. The predicted molar refractivity (Wildman–Crippen MR) is 68.1 cm³/mol. The zero-order chi connectivity index (χ0) is 12.0. The van der Waals surface area contributed by atoms with Crippen LogP contribution >= 0.6 is 0 Å². The Morgan fingerprint density at radius 1 is 1.62 bits per heavy atom. The van der Waals surface area contributed by atoms with Crippen LogP contribution in [0, 0.1) is 0 Å². The van der Waals surface area contributed by atoms with Crippen molar-refractivity contribution in [2.75, 3.05) is 7.05 Å². The monoisotopic (exact) mass is 219 g/mol. The van der Waals surface area contributed by atoms with Crippen LogP contribution in [0.1, 0.15) is 6.92 Å². The van der Waals surface area contributed by atoms with Crippen molar-refractivity contribution in [3.63, 3.8) is 0 Å². The van der Waals surface area contributed by atoms with Gasteiger partial charge in [0.1, 0.15) is 0 Å². The van der Waals surface area contributed by atoms with Crippen molar-refractivity contribution in [3.05, 3.63) is 36.5 Å². The molecule has 0 aromatic heterocycles. The number of hydrogen-bond acceptors (Lipinski definition) is 3. The largest absolute Gasteiger partial charge is 0.370 e. The van der Waals surface area contributed by atoms with Gasteiger partial charge in [0, 0.05) is 7.05 Å². The van der Waals surface area contributed by atoms with Crippen LogP contribution in [0.15, 0.2) is 46.4 Å². The molecule has 1 heterocycles. The standard InChI is InChI=1S/C11H17N5/c1-4-6-8(7-5-2)9-14-10(12)16-11(13-3)15-9/h4-7,9H,1H2,2-3H3,(H4,12,13,14,15,16)/b7-5-,8-6+. The summed E-state index contributed by atoms with van der Waals surface area (Å²) < 4.78 is 0. The summed E-state index contributed by atoms with van der Waals surface area (Å²) in [6, 6.07) is 0. The fraction of sp³-hybridized carbons (Fsp3) is 0.273. The van der Waals surface area contributed by atoms with Gasteiger partial charge in [0.25, 0.3) is 0 Å². The van der Waals surface area contributed by atoms with Crippen LogP contribution in [0.4, 0.5) is 0 Å². The van der Waals surface area contributed by atoms with Crippen LogP contribution in [0.2, 0.25) is 0 Å². The fourth-order valence-electron chi connectivity index (χ4n) is 1.34. The first-order valence-corrected chi connectivity index (χ1v) is 5.00.